The van der Waals surface area contributed by atoms with Gasteiger partial charge in [-0.1, -0.05) is 17.7 Å². The number of halogens is 1. The molecular formula is C22H26ClN3O2. The highest BCUT2D eigenvalue weighted by Crippen LogP contribution is 2.21. The molecule has 1 aliphatic heterocycles. The van der Waals surface area contributed by atoms with E-state index in [0.717, 1.165) is 23.8 Å². The minimum absolute atomic E-state index is 0.000801. The van der Waals surface area contributed by atoms with E-state index >= 15 is 0 Å². The van der Waals surface area contributed by atoms with E-state index in [9.17, 15) is 9.59 Å². The van der Waals surface area contributed by atoms with Crippen molar-refractivity contribution in [1.29, 1.82) is 0 Å². The van der Waals surface area contributed by atoms with E-state index in [2.05, 4.69) is 4.90 Å². The second-order valence-electron chi connectivity index (χ2n) is 6.81. The molecule has 6 heteroatoms. The van der Waals surface area contributed by atoms with Crippen molar-refractivity contribution in [1.82, 2.24) is 9.80 Å². The summed E-state index contributed by atoms with van der Waals surface area (Å²) in [6.07, 6.45) is 0. The largest absolute Gasteiger partial charge is 0.368 e. The van der Waals surface area contributed by atoms with Crippen LogP contribution in [0.4, 0.5) is 5.69 Å². The van der Waals surface area contributed by atoms with Crippen LogP contribution in [-0.4, -0.2) is 60.9 Å². The summed E-state index contributed by atoms with van der Waals surface area (Å²) in [4.78, 5) is 31.1. The maximum absolute atomic E-state index is 12.8. The van der Waals surface area contributed by atoms with Gasteiger partial charge >= 0.3 is 0 Å². The fourth-order valence-electron chi connectivity index (χ4n) is 3.47. The van der Waals surface area contributed by atoms with Gasteiger partial charge in [0.1, 0.15) is 0 Å². The van der Waals surface area contributed by atoms with E-state index in [4.69, 9.17) is 11.6 Å². The Morgan fingerprint density at radius 1 is 0.929 bits per heavy atom. The number of benzene rings is 2. The molecular weight excluding hydrogens is 374 g/mol. The average Bonchev–Trinajstić information content (AvgIpc) is 2.74. The van der Waals surface area contributed by atoms with Crippen molar-refractivity contribution in [3.8, 4) is 0 Å². The van der Waals surface area contributed by atoms with Crippen molar-refractivity contribution in [2.45, 2.75) is 13.8 Å². The first-order valence-corrected chi connectivity index (χ1v) is 10.1. The third kappa shape index (κ3) is 4.47. The number of hydrogen-bond donors (Lipinski definition) is 0. The van der Waals surface area contributed by atoms with Crippen LogP contribution in [0.25, 0.3) is 0 Å². The molecule has 0 unspecified atom stereocenters. The Labute approximate surface area is 171 Å². The van der Waals surface area contributed by atoms with Gasteiger partial charge in [0.25, 0.3) is 11.8 Å². The van der Waals surface area contributed by atoms with Gasteiger partial charge in [0.2, 0.25) is 0 Å². The van der Waals surface area contributed by atoms with Gasteiger partial charge in [-0.25, -0.2) is 0 Å². The van der Waals surface area contributed by atoms with Gasteiger partial charge in [-0.05, 0) is 56.3 Å². The Morgan fingerprint density at radius 3 is 2.11 bits per heavy atom. The predicted molar refractivity (Wildman–Crippen MR) is 113 cm³/mol. The highest BCUT2D eigenvalue weighted by atomic mass is 35.5. The third-order valence-electron chi connectivity index (χ3n) is 5.17. The van der Waals surface area contributed by atoms with E-state index in [1.165, 1.54) is 0 Å². The first-order valence-electron chi connectivity index (χ1n) is 9.72. The molecule has 2 amide bonds. The van der Waals surface area contributed by atoms with Gasteiger partial charge in [0, 0.05) is 61.1 Å². The molecule has 2 aromatic carbocycles. The number of carbonyl (C=O) groups excluding carboxylic acids is 2. The molecule has 1 saturated heterocycles. The number of anilines is 1. The number of carbonyl (C=O) groups is 2. The van der Waals surface area contributed by atoms with Crippen LogP contribution in [0, 0.1) is 0 Å². The molecule has 0 aromatic heterocycles. The second kappa shape index (κ2) is 9.11. The van der Waals surface area contributed by atoms with Gasteiger partial charge in [-0.3, -0.25) is 9.59 Å². The molecule has 28 heavy (non-hydrogen) atoms. The highest BCUT2D eigenvalue weighted by molar-refractivity contribution is 6.30. The van der Waals surface area contributed by atoms with E-state index in [-0.39, 0.29) is 11.8 Å². The normalized spacial score (nSPS) is 14.1. The molecule has 148 valence electrons. The molecule has 0 atom stereocenters. The molecule has 1 heterocycles. The summed E-state index contributed by atoms with van der Waals surface area (Å²) in [6.45, 7) is 8.12. The smallest absolute Gasteiger partial charge is 0.253 e. The van der Waals surface area contributed by atoms with Crippen molar-refractivity contribution in [2.75, 3.05) is 44.2 Å². The number of amides is 2. The Kier molecular flexibility index (Phi) is 6.57. The molecule has 5 nitrogen and oxygen atoms in total. The lowest BCUT2D eigenvalue weighted by atomic mass is 10.1. The summed E-state index contributed by atoms with van der Waals surface area (Å²) in [6, 6.07) is 14.8. The molecule has 0 N–H and O–H groups in total. The first kappa shape index (κ1) is 20.2. The molecule has 1 fully saturated rings. The van der Waals surface area contributed by atoms with Crippen LogP contribution in [-0.2, 0) is 0 Å². The second-order valence-corrected chi connectivity index (χ2v) is 7.25. The number of rotatable bonds is 5. The Bertz CT molecular complexity index is 826. The van der Waals surface area contributed by atoms with Crippen molar-refractivity contribution in [2.24, 2.45) is 0 Å². The molecule has 0 spiro atoms. The fraction of sp³-hybridized carbons (Fsp3) is 0.364. The zero-order valence-corrected chi connectivity index (χ0v) is 17.2. The number of piperazine rings is 1. The van der Waals surface area contributed by atoms with Crippen molar-refractivity contribution in [3.63, 3.8) is 0 Å². The van der Waals surface area contributed by atoms with Gasteiger partial charge in [-0.2, -0.15) is 0 Å². The summed E-state index contributed by atoms with van der Waals surface area (Å²) in [5, 5.41) is 0.718. The van der Waals surface area contributed by atoms with Crippen LogP contribution < -0.4 is 4.90 Å². The maximum atomic E-state index is 12.8. The van der Waals surface area contributed by atoms with Crippen molar-refractivity contribution >= 4 is 29.1 Å². The number of nitrogens with zero attached hydrogens (tertiary/aromatic N) is 3. The molecule has 2 aromatic rings. The highest BCUT2D eigenvalue weighted by Gasteiger charge is 2.23. The van der Waals surface area contributed by atoms with Crippen LogP contribution >= 0.6 is 11.6 Å². The molecule has 1 aliphatic rings. The lowest BCUT2D eigenvalue weighted by molar-refractivity contribution is 0.0742. The van der Waals surface area contributed by atoms with Crippen molar-refractivity contribution in [3.05, 3.63) is 64.7 Å². The van der Waals surface area contributed by atoms with Gasteiger partial charge < -0.3 is 14.7 Å². The van der Waals surface area contributed by atoms with Gasteiger partial charge in [0.05, 0.1) is 0 Å². The monoisotopic (exact) mass is 399 g/mol. The first-order chi connectivity index (χ1) is 13.5. The molecule has 0 radical (unpaired) electrons. The van der Waals surface area contributed by atoms with E-state index in [1.807, 2.05) is 43.0 Å². The van der Waals surface area contributed by atoms with Crippen LogP contribution in [0.3, 0.4) is 0 Å². The van der Waals surface area contributed by atoms with Crippen LogP contribution in [0.15, 0.2) is 48.5 Å². The Balaban J connectivity index is 1.61. The molecule has 0 aliphatic carbocycles. The minimum Gasteiger partial charge on any atom is -0.368 e. The predicted octanol–water partition coefficient (Wildman–Crippen LogP) is 3.78. The lowest BCUT2D eigenvalue weighted by Gasteiger charge is -2.36. The van der Waals surface area contributed by atoms with Gasteiger partial charge in [-0.15, -0.1) is 0 Å². The van der Waals surface area contributed by atoms with E-state index in [0.29, 0.717) is 37.3 Å². The Hall–Kier alpha value is -2.53. The summed E-state index contributed by atoms with van der Waals surface area (Å²) in [5.74, 6) is 0.00622. The van der Waals surface area contributed by atoms with Crippen LogP contribution in [0.1, 0.15) is 34.6 Å². The van der Waals surface area contributed by atoms with E-state index < -0.39 is 0 Å². The lowest BCUT2D eigenvalue weighted by Crippen LogP contribution is -2.48. The topological polar surface area (TPSA) is 43.9 Å². The Morgan fingerprint density at radius 2 is 1.54 bits per heavy atom. The van der Waals surface area contributed by atoms with Crippen LogP contribution in [0.5, 0.6) is 0 Å². The number of hydrogen-bond acceptors (Lipinski definition) is 3. The molecule has 0 saturated carbocycles. The molecule has 3 rings (SSSR count). The summed E-state index contributed by atoms with van der Waals surface area (Å²) >= 11 is 6.08. The fourth-order valence-corrected chi connectivity index (χ4v) is 3.66. The van der Waals surface area contributed by atoms with E-state index in [1.54, 1.807) is 29.2 Å². The quantitative estimate of drug-likeness (QED) is 0.768. The zero-order chi connectivity index (χ0) is 20.1. The zero-order valence-electron chi connectivity index (χ0n) is 16.4. The standard InChI is InChI=1S/C22H26ClN3O2/c1-3-24(4-2)21(27)17-8-10-18(11-9-17)22(28)26-14-12-25(13-15-26)20-7-5-6-19(23)16-20/h5-11,16H,3-4,12-15H2,1-2H3. The maximum Gasteiger partial charge on any atom is 0.253 e. The van der Waals surface area contributed by atoms with Crippen LogP contribution in [0.2, 0.25) is 5.02 Å². The summed E-state index contributed by atoms with van der Waals surface area (Å²) in [5.41, 5.74) is 2.32. The SMILES string of the molecule is CCN(CC)C(=O)c1ccc(C(=O)N2CCN(c3cccc(Cl)c3)CC2)cc1. The van der Waals surface area contributed by atoms with Gasteiger partial charge in [0.15, 0.2) is 0 Å². The summed E-state index contributed by atoms with van der Waals surface area (Å²) in [7, 11) is 0. The third-order valence-corrected chi connectivity index (χ3v) is 5.40. The minimum atomic E-state index is -0.000801. The molecule has 0 bridgehead atoms. The average molecular weight is 400 g/mol. The van der Waals surface area contributed by atoms with Crippen molar-refractivity contribution < 1.29 is 9.59 Å². The summed E-state index contributed by atoms with van der Waals surface area (Å²) < 4.78 is 0.